The molecule has 6 nitrogen and oxygen atoms in total. The Morgan fingerprint density at radius 1 is 1.15 bits per heavy atom. The van der Waals surface area contributed by atoms with E-state index in [1.165, 1.54) is 12.1 Å². The van der Waals surface area contributed by atoms with Gasteiger partial charge in [-0.3, -0.25) is 4.79 Å². The van der Waals surface area contributed by atoms with Gasteiger partial charge >= 0.3 is 0 Å². The second-order valence-corrected chi connectivity index (χ2v) is 8.65. The topological polar surface area (TPSA) is 87.3 Å². The molecule has 2 unspecified atom stereocenters. The number of hydrogen-bond donors (Lipinski definition) is 3. The Labute approximate surface area is 160 Å². The SMILES string of the molecule is CC1CCNCC1NC(=O)c1cccc(S(=O)(=O)NCc2ccccc2)c1. The van der Waals surface area contributed by atoms with Crippen molar-refractivity contribution in [3.05, 3.63) is 65.7 Å². The molecule has 2 atom stereocenters. The highest BCUT2D eigenvalue weighted by Crippen LogP contribution is 2.15. The first-order valence-corrected chi connectivity index (χ1v) is 10.6. The normalized spacial score (nSPS) is 20.2. The fraction of sp³-hybridized carbons (Fsp3) is 0.350. The highest BCUT2D eigenvalue weighted by Gasteiger charge is 2.23. The van der Waals surface area contributed by atoms with Crippen molar-refractivity contribution in [2.75, 3.05) is 13.1 Å². The maximum Gasteiger partial charge on any atom is 0.251 e. The molecule has 1 fully saturated rings. The Morgan fingerprint density at radius 2 is 1.93 bits per heavy atom. The lowest BCUT2D eigenvalue weighted by Gasteiger charge is -2.30. The van der Waals surface area contributed by atoms with E-state index in [0.717, 1.165) is 25.1 Å². The van der Waals surface area contributed by atoms with Crippen molar-refractivity contribution in [2.45, 2.75) is 30.8 Å². The zero-order valence-corrected chi connectivity index (χ0v) is 16.1. The summed E-state index contributed by atoms with van der Waals surface area (Å²) < 4.78 is 27.7. The second kappa shape index (κ2) is 8.65. The van der Waals surface area contributed by atoms with Crippen LogP contribution in [0.15, 0.2) is 59.5 Å². The number of piperidine rings is 1. The maximum atomic E-state index is 12.6. The number of carbonyl (C=O) groups is 1. The lowest BCUT2D eigenvalue weighted by atomic mass is 9.94. The molecular weight excluding hydrogens is 362 g/mol. The van der Waals surface area contributed by atoms with Crippen molar-refractivity contribution in [1.82, 2.24) is 15.4 Å². The van der Waals surface area contributed by atoms with Gasteiger partial charge in [0.25, 0.3) is 5.91 Å². The van der Waals surface area contributed by atoms with E-state index in [2.05, 4.69) is 22.3 Å². The lowest BCUT2D eigenvalue weighted by molar-refractivity contribution is 0.0915. The van der Waals surface area contributed by atoms with Gasteiger partial charge in [0.1, 0.15) is 0 Å². The van der Waals surface area contributed by atoms with Crippen LogP contribution in [0.5, 0.6) is 0 Å². The molecular formula is C20H25N3O3S. The van der Waals surface area contributed by atoms with Crippen LogP contribution in [0.4, 0.5) is 0 Å². The minimum Gasteiger partial charge on any atom is -0.348 e. The third kappa shape index (κ3) is 5.15. The number of nitrogens with one attached hydrogen (secondary N) is 3. The van der Waals surface area contributed by atoms with E-state index in [-0.39, 0.29) is 23.4 Å². The summed E-state index contributed by atoms with van der Waals surface area (Å²) in [5.41, 5.74) is 1.21. The second-order valence-electron chi connectivity index (χ2n) is 6.89. The predicted octanol–water partition coefficient (Wildman–Crippen LogP) is 1.89. The number of benzene rings is 2. The van der Waals surface area contributed by atoms with Gasteiger partial charge in [-0.15, -0.1) is 0 Å². The Morgan fingerprint density at radius 3 is 2.67 bits per heavy atom. The molecule has 1 aliphatic rings. The molecule has 2 aromatic carbocycles. The van der Waals surface area contributed by atoms with Crippen LogP contribution in [-0.4, -0.2) is 33.5 Å². The molecule has 0 bridgehead atoms. The van der Waals surface area contributed by atoms with Crippen molar-refractivity contribution in [3.63, 3.8) is 0 Å². The summed E-state index contributed by atoms with van der Waals surface area (Å²) in [5.74, 6) is 0.130. The first-order valence-electron chi connectivity index (χ1n) is 9.11. The first-order chi connectivity index (χ1) is 13.0. The molecule has 0 aromatic heterocycles. The standard InChI is InChI=1S/C20H25N3O3S/c1-15-10-11-21-14-19(15)23-20(24)17-8-5-9-18(12-17)27(25,26)22-13-16-6-3-2-4-7-16/h2-9,12,15,19,21-22H,10-11,13-14H2,1H3,(H,23,24). The highest BCUT2D eigenvalue weighted by atomic mass is 32.2. The Kier molecular flexibility index (Phi) is 6.26. The lowest BCUT2D eigenvalue weighted by Crippen LogP contribution is -2.50. The monoisotopic (exact) mass is 387 g/mol. The average molecular weight is 388 g/mol. The van der Waals surface area contributed by atoms with Gasteiger partial charge in [0, 0.05) is 24.7 Å². The minimum atomic E-state index is -3.70. The molecule has 0 saturated carbocycles. The van der Waals surface area contributed by atoms with Crippen LogP contribution in [0.1, 0.15) is 29.3 Å². The van der Waals surface area contributed by atoms with E-state index in [1.807, 2.05) is 30.3 Å². The molecule has 144 valence electrons. The molecule has 3 N–H and O–H groups in total. The molecule has 27 heavy (non-hydrogen) atoms. The average Bonchev–Trinajstić information content (AvgIpc) is 2.69. The van der Waals surface area contributed by atoms with E-state index < -0.39 is 10.0 Å². The molecule has 2 aromatic rings. The molecule has 0 spiro atoms. The van der Waals surface area contributed by atoms with Crippen molar-refractivity contribution < 1.29 is 13.2 Å². The Balaban J connectivity index is 1.69. The van der Waals surface area contributed by atoms with Gasteiger partial charge in [0.15, 0.2) is 0 Å². The van der Waals surface area contributed by atoms with Crippen LogP contribution >= 0.6 is 0 Å². The summed E-state index contributed by atoms with van der Waals surface area (Å²) in [4.78, 5) is 12.6. The summed E-state index contributed by atoms with van der Waals surface area (Å²) >= 11 is 0. The van der Waals surface area contributed by atoms with Crippen LogP contribution in [0, 0.1) is 5.92 Å². The summed E-state index contributed by atoms with van der Waals surface area (Å²) in [6, 6.07) is 15.5. The minimum absolute atomic E-state index is 0.0442. The molecule has 7 heteroatoms. The van der Waals surface area contributed by atoms with Crippen LogP contribution in [0.25, 0.3) is 0 Å². The van der Waals surface area contributed by atoms with Gasteiger partial charge in [-0.1, -0.05) is 43.3 Å². The van der Waals surface area contributed by atoms with Crippen molar-refractivity contribution >= 4 is 15.9 Å². The largest absolute Gasteiger partial charge is 0.348 e. The summed E-state index contributed by atoms with van der Waals surface area (Å²) in [5, 5.41) is 6.27. The fourth-order valence-corrected chi connectivity index (χ4v) is 4.16. The summed E-state index contributed by atoms with van der Waals surface area (Å²) in [7, 11) is -3.70. The van der Waals surface area contributed by atoms with Gasteiger partial charge in [-0.25, -0.2) is 13.1 Å². The number of amides is 1. The summed E-state index contributed by atoms with van der Waals surface area (Å²) in [6.07, 6.45) is 1.00. The Hall–Kier alpha value is -2.22. The van der Waals surface area contributed by atoms with E-state index in [1.54, 1.807) is 12.1 Å². The molecule has 1 aliphatic heterocycles. The van der Waals surface area contributed by atoms with E-state index >= 15 is 0 Å². The fourth-order valence-electron chi connectivity index (χ4n) is 3.10. The van der Waals surface area contributed by atoms with Gasteiger partial charge < -0.3 is 10.6 Å². The zero-order chi connectivity index (χ0) is 19.3. The number of rotatable bonds is 6. The summed E-state index contributed by atoms with van der Waals surface area (Å²) in [6.45, 7) is 3.99. The van der Waals surface area contributed by atoms with Gasteiger partial charge in [-0.2, -0.15) is 0 Å². The third-order valence-corrected chi connectivity index (χ3v) is 6.26. The quantitative estimate of drug-likeness (QED) is 0.706. The maximum absolute atomic E-state index is 12.6. The van der Waals surface area contributed by atoms with E-state index in [0.29, 0.717) is 11.5 Å². The van der Waals surface area contributed by atoms with Gasteiger partial charge in [-0.05, 0) is 42.6 Å². The van der Waals surface area contributed by atoms with Gasteiger partial charge in [0.05, 0.1) is 4.90 Å². The number of hydrogen-bond acceptors (Lipinski definition) is 4. The van der Waals surface area contributed by atoms with E-state index in [9.17, 15) is 13.2 Å². The van der Waals surface area contributed by atoms with Crippen LogP contribution in [-0.2, 0) is 16.6 Å². The van der Waals surface area contributed by atoms with Crippen molar-refractivity contribution in [3.8, 4) is 0 Å². The molecule has 1 heterocycles. The van der Waals surface area contributed by atoms with Crippen molar-refractivity contribution in [2.24, 2.45) is 5.92 Å². The molecule has 1 saturated heterocycles. The van der Waals surface area contributed by atoms with Gasteiger partial charge in [0.2, 0.25) is 10.0 Å². The van der Waals surface area contributed by atoms with Crippen LogP contribution < -0.4 is 15.4 Å². The molecule has 3 rings (SSSR count). The van der Waals surface area contributed by atoms with Crippen LogP contribution in [0.2, 0.25) is 0 Å². The first kappa shape index (κ1) is 19.5. The third-order valence-electron chi connectivity index (χ3n) is 4.86. The van der Waals surface area contributed by atoms with E-state index in [4.69, 9.17) is 0 Å². The zero-order valence-electron chi connectivity index (χ0n) is 15.3. The Bertz CT molecular complexity index is 884. The smallest absolute Gasteiger partial charge is 0.251 e. The number of sulfonamides is 1. The highest BCUT2D eigenvalue weighted by molar-refractivity contribution is 7.89. The molecule has 0 aliphatic carbocycles. The van der Waals surface area contributed by atoms with Crippen molar-refractivity contribution in [1.29, 1.82) is 0 Å². The number of carbonyl (C=O) groups excluding carboxylic acids is 1. The molecule has 1 amide bonds. The molecule has 0 radical (unpaired) electrons. The van der Waals surface area contributed by atoms with Crippen LogP contribution in [0.3, 0.4) is 0 Å². The predicted molar refractivity (Wildman–Crippen MR) is 105 cm³/mol.